The molecular formula is C13H20N2O2. The second-order valence-electron chi connectivity index (χ2n) is 4.49. The summed E-state index contributed by atoms with van der Waals surface area (Å²) in [4.78, 5) is 2.01. The zero-order valence-corrected chi connectivity index (χ0v) is 10.1. The van der Waals surface area contributed by atoms with Crippen LogP contribution in [0.15, 0.2) is 24.3 Å². The van der Waals surface area contributed by atoms with Crippen LogP contribution >= 0.6 is 0 Å². The first-order chi connectivity index (χ1) is 8.20. The van der Waals surface area contributed by atoms with Gasteiger partial charge in [-0.15, -0.1) is 0 Å². The van der Waals surface area contributed by atoms with Gasteiger partial charge in [0, 0.05) is 25.3 Å². The Kier molecular flexibility index (Phi) is 3.99. The molecule has 1 aromatic carbocycles. The Labute approximate surface area is 102 Å². The molecule has 2 atom stereocenters. The molecule has 4 nitrogen and oxygen atoms in total. The molecular weight excluding hydrogens is 216 g/mol. The second kappa shape index (κ2) is 5.49. The monoisotopic (exact) mass is 236 g/mol. The van der Waals surface area contributed by atoms with Crippen molar-refractivity contribution in [3.8, 4) is 0 Å². The summed E-state index contributed by atoms with van der Waals surface area (Å²) in [5.74, 6) is 0. The molecule has 2 rings (SSSR count). The Morgan fingerprint density at radius 3 is 2.29 bits per heavy atom. The van der Waals surface area contributed by atoms with Gasteiger partial charge in [0.1, 0.15) is 0 Å². The Bertz CT molecular complexity index is 343. The van der Waals surface area contributed by atoms with Crippen molar-refractivity contribution in [2.24, 2.45) is 0 Å². The van der Waals surface area contributed by atoms with E-state index < -0.39 is 12.2 Å². The van der Waals surface area contributed by atoms with Gasteiger partial charge >= 0.3 is 0 Å². The highest BCUT2D eigenvalue weighted by molar-refractivity contribution is 5.49. The van der Waals surface area contributed by atoms with Gasteiger partial charge in [-0.25, -0.2) is 0 Å². The summed E-state index contributed by atoms with van der Waals surface area (Å²) in [6, 6.07) is 8.24. The second-order valence-corrected chi connectivity index (χ2v) is 4.49. The van der Waals surface area contributed by atoms with Gasteiger partial charge in [-0.3, -0.25) is 0 Å². The topological polar surface area (TPSA) is 55.7 Å². The standard InChI is InChI=1S/C13H20N2O2/c1-2-14-7-10-3-5-11(6-4-10)15-8-12(16)13(17)9-15/h3-6,12-14,16-17H,2,7-9H2,1H3. The van der Waals surface area contributed by atoms with Crippen LogP contribution in [0.1, 0.15) is 12.5 Å². The lowest BCUT2D eigenvalue weighted by molar-refractivity contribution is 0.0572. The normalized spacial score (nSPS) is 24.3. The average molecular weight is 236 g/mol. The van der Waals surface area contributed by atoms with E-state index in [1.165, 1.54) is 5.56 Å². The van der Waals surface area contributed by atoms with Gasteiger partial charge < -0.3 is 20.4 Å². The first-order valence-corrected chi connectivity index (χ1v) is 6.11. The van der Waals surface area contributed by atoms with Crippen LogP contribution in [0.2, 0.25) is 0 Å². The van der Waals surface area contributed by atoms with Gasteiger partial charge in [0.15, 0.2) is 0 Å². The first kappa shape index (κ1) is 12.4. The van der Waals surface area contributed by atoms with E-state index in [0.29, 0.717) is 13.1 Å². The number of rotatable bonds is 4. The van der Waals surface area contributed by atoms with Crippen molar-refractivity contribution in [2.75, 3.05) is 24.5 Å². The zero-order chi connectivity index (χ0) is 12.3. The molecule has 1 heterocycles. The van der Waals surface area contributed by atoms with E-state index in [1.54, 1.807) is 0 Å². The molecule has 2 unspecified atom stereocenters. The molecule has 1 aromatic rings. The minimum atomic E-state index is -0.628. The highest BCUT2D eigenvalue weighted by Gasteiger charge is 2.29. The van der Waals surface area contributed by atoms with Crippen molar-refractivity contribution in [3.63, 3.8) is 0 Å². The van der Waals surface area contributed by atoms with E-state index in [-0.39, 0.29) is 0 Å². The van der Waals surface area contributed by atoms with E-state index in [1.807, 2.05) is 17.0 Å². The summed E-state index contributed by atoms with van der Waals surface area (Å²) in [5, 5.41) is 22.3. The average Bonchev–Trinajstić information content (AvgIpc) is 2.68. The van der Waals surface area contributed by atoms with Gasteiger partial charge in [0.05, 0.1) is 12.2 Å². The fourth-order valence-electron chi connectivity index (χ4n) is 2.07. The maximum absolute atomic E-state index is 9.50. The molecule has 0 bridgehead atoms. The van der Waals surface area contributed by atoms with Crippen molar-refractivity contribution in [3.05, 3.63) is 29.8 Å². The number of aliphatic hydroxyl groups excluding tert-OH is 2. The number of nitrogens with zero attached hydrogens (tertiary/aromatic N) is 1. The quantitative estimate of drug-likeness (QED) is 0.705. The summed E-state index contributed by atoms with van der Waals surface area (Å²) < 4.78 is 0. The SMILES string of the molecule is CCNCc1ccc(N2CC(O)C(O)C2)cc1. The largest absolute Gasteiger partial charge is 0.389 e. The molecule has 0 saturated carbocycles. The van der Waals surface area contributed by atoms with Crippen molar-refractivity contribution in [1.29, 1.82) is 0 Å². The molecule has 3 N–H and O–H groups in total. The smallest absolute Gasteiger partial charge is 0.0990 e. The molecule has 17 heavy (non-hydrogen) atoms. The van der Waals surface area contributed by atoms with Gasteiger partial charge in [-0.1, -0.05) is 19.1 Å². The van der Waals surface area contributed by atoms with Crippen molar-refractivity contribution in [2.45, 2.75) is 25.7 Å². The van der Waals surface area contributed by atoms with Gasteiger partial charge in [0.25, 0.3) is 0 Å². The van der Waals surface area contributed by atoms with E-state index in [9.17, 15) is 10.2 Å². The van der Waals surface area contributed by atoms with Crippen LogP contribution in [0.5, 0.6) is 0 Å². The number of aliphatic hydroxyl groups is 2. The lowest BCUT2D eigenvalue weighted by atomic mass is 10.2. The van der Waals surface area contributed by atoms with Crippen molar-refractivity contribution in [1.82, 2.24) is 5.32 Å². The third-order valence-corrected chi connectivity index (χ3v) is 3.14. The number of anilines is 1. The molecule has 0 amide bonds. The maximum atomic E-state index is 9.50. The van der Waals surface area contributed by atoms with Crippen molar-refractivity contribution < 1.29 is 10.2 Å². The summed E-state index contributed by atoms with van der Waals surface area (Å²) in [7, 11) is 0. The molecule has 94 valence electrons. The molecule has 0 aromatic heterocycles. The first-order valence-electron chi connectivity index (χ1n) is 6.11. The fraction of sp³-hybridized carbons (Fsp3) is 0.538. The van der Waals surface area contributed by atoms with Crippen molar-refractivity contribution >= 4 is 5.69 Å². The van der Waals surface area contributed by atoms with Crippen LogP contribution in [0.4, 0.5) is 5.69 Å². The Morgan fingerprint density at radius 2 is 1.76 bits per heavy atom. The molecule has 1 fully saturated rings. The number of hydrogen-bond donors (Lipinski definition) is 3. The maximum Gasteiger partial charge on any atom is 0.0990 e. The van der Waals surface area contributed by atoms with Crippen LogP contribution in [-0.4, -0.2) is 42.1 Å². The summed E-state index contributed by atoms with van der Waals surface area (Å²) >= 11 is 0. The van der Waals surface area contributed by atoms with E-state index in [4.69, 9.17) is 0 Å². The number of nitrogens with one attached hydrogen (secondary N) is 1. The number of benzene rings is 1. The molecule has 1 aliphatic heterocycles. The molecule has 0 spiro atoms. The zero-order valence-electron chi connectivity index (χ0n) is 10.1. The van der Waals surface area contributed by atoms with Crippen LogP contribution in [0.3, 0.4) is 0 Å². The fourth-order valence-corrected chi connectivity index (χ4v) is 2.07. The summed E-state index contributed by atoms with van der Waals surface area (Å²) in [6.07, 6.45) is -1.26. The molecule has 0 aliphatic carbocycles. The van der Waals surface area contributed by atoms with Crippen LogP contribution in [-0.2, 0) is 6.54 Å². The minimum Gasteiger partial charge on any atom is -0.389 e. The number of β-amino-alcohol motifs (C(OH)–C–C–N with tert-alkyl or cyclic N) is 2. The minimum absolute atomic E-state index is 0.508. The van der Waals surface area contributed by atoms with Gasteiger partial charge in [-0.05, 0) is 24.2 Å². The van der Waals surface area contributed by atoms with E-state index in [2.05, 4.69) is 24.4 Å². The number of hydrogen-bond acceptors (Lipinski definition) is 4. The molecule has 1 saturated heterocycles. The highest BCUT2D eigenvalue weighted by atomic mass is 16.3. The Hall–Kier alpha value is -1.10. The summed E-state index contributed by atoms with van der Waals surface area (Å²) in [6.45, 7) is 4.94. The lowest BCUT2D eigenvalue weighted by Crippen LogP contribution is -2.22. The third-order valence-electron chi connectivity index (χ3n) is 3.14. The molecule has 0 radical (unpaired) electrons. The lowest BCUT2D eigenvalue weighted by Gasteiger charge is -2.17. The highest BCUT2D eigenvalue weighted by Crippen LogP contribution is 2.21. The predicted octanol–water partition coefficient (Wildman–Crippen LogP) is 0.338. The van der Waals surface area contributed by atoms with Crippen LogP contribution in [0.25, 0.3) is 0 Å². The third kappa shape index (κ3) is 2.97. The van der Waals surface area contributed by atoms with Crippen LogP contribution < -0.4 is 10.2 Å². The predicted molar refractivity (Wildman–Crippen MR) is 68.0 cm³/mol. The molecule has 4 heteroatoms. The van der Waals surface area contributed by atoms with E-state index >= 15 is 0 Å². The summed E-state index contributed by atoms with van der Waals surface area (Å²) in [5.41, 5.74) is 2.30. The Balaban J connectivity index is 1.98. The van der Waals surface area contributed by atoms with Crippen LogP contribution in [0, 0.1) is 0 Å². The Morgan fingerprint density at radius 1 is 1.18 bits per heavy atom. The van der Waals surface area contributed by atoms with Gasteiger partial charge in [0.2, 0.25) is 0 Å². The molecule has 1 aliphatic rings. The van der Waals surface area contributed by atoms with E-state index in [0.717, 1.165) is 18.8 Å². The van der Waals surface area contributed by atoms with Gasteiger partial charge in [-0.2, -0.15) is 0 Å².